The Kier molecular flexibility index (Phi) is 4.78. The maximum atomic E-state index is 12.9. The molecule has 0 atom stereocenters. The van der Waals surface area contributed by atoms with Crippen LogP contribution in [0, 0.1) is 0 Å². The van der Waals surface area contributed by atoms with Crippen molar-refractivity contribution < 1.29 is 28.5 Å². The van der Waals surface area contributed by atoms with E-state index in [2.05, 4.69) is 10.8 Å². The molecule has 0 bridgehead atoms. The highest BCUT2D eigenvalue weighted by molar-refractivity contribution is 6.07. The van der Waals surface area contributed by atoms with Crippen molar-refractivity contribution in [3.63, 3.8) is 0 Å². The summed E-state index contributed by atoms with van der Waals surface area (Å²) >= 11 is 0. The van der Waals surface area contributed by atoms with Gasteiger partial charge in [-0.05, 0) is 53.8 Å². The van der Waals surface area contributed by atoms with E-state index in [0.29, 0.717) is 28.6 Å². The number of hydrogen-bond donors (Lipinski definition) is 0. The summed E-state index contributed by atoms with van der Waals surface area (Å²) in [4.78, 5) is 29.2. The number of rotatable bonds is 4. The first-order valence-corrected chi connectivity index (χ1v) is 9.90. The number of hydrogen-bond acceptors (Lipinski definition) is 7. The van der Waals surface area contributed by atoms with Gasteiger partial charge in [0.15, 0.2) is 18.1 Å². The van der Waals surface area contributed by atoms with Crippen LogP contribution in [0.25, 0.3) is 22.6 Å². The summed E-state index contributed by atoms with van der Waals surface area (Å²) in [5, 5.41) is 0.709. The van der Waals surface area contributed by atoms with Gasteiger partial charge < -0.3 is 18.9 Å². The first-order valence-electron chi connectivity index (χ1n) is 9.90. The number of carbonyl (C=O) groups is 2. The molecule has 0 amide bonds. The van der Waals surface area contributed by atoms with E-state index in [-0.39, 0.29) is 6.79 Å². The second kappa shape index (κ2) is 7.75. The van der Waals surface area contributed by atoms with Crippen LogP contribution < -0.4 is 9.47 Å². The zero-order chi connectivity index (χ0) is 21.4. The van der Waals surface area contributed by atoms with Crippen LogP contribution in [0.4, 0.5) is 0 Å². The molecule has 1 aliphatic heterocycles. The molecule has 0 radical (unpaired) electrons. The van der Waals surface area contributed by atoms with Crippen molar-refractivity contribution in [2.45, 2.75) is 12.8 Å². The quantitative estimate of drug-likeness (QED) is 0.597. The third-order valence-corrected chi connectivity index (χ3v) is 5.43. The smallest absolute Gasteiger partial charge is 0.344 e. The molecule has 0 saturated carbocycles. The Labute approximate surface area is 178 Å². The molecule has 2 aliphatic rings. The average molecular weight is 417 g/mol. The first-order chi connectivity index (χ1) is 15.1. The Hall–Kier alpha value is -3.87. The Balaban J connectivity index is 1.57. The monoisotopic (exact) mass is 417 g/mol. The van der Waals surface area contributed by atoms with Gasteiger partial charge in [-0.3, -0.25) is 0 Å². The van der Waals surface area contributed by atoms with Crippen molar-refractivity contribution in [3.8, 4) is 11.5 Å². The number of allylic oxidation sites excluding steroid dienone is 1. The number of carbonyl (C=O) groups excluding carboxylic acids is 2. The molecule has 0 unspecified atom stereocenters. The van der Waals surface area contributed by atoms with Crippen LogP contribution in [0.15, 0.2) is 42.5 Å². The van der Waals surface area contributed by atoms with Gasteiger partial charge in [0, 0.05) is 5.39 Å². The Morgan fingerprint density at radius 1 is 1.10 bits per heavy atom. The van der Waals surface area contributed by atoms with E-state index in [0.717, 1.165) is 34.6 Å². The van der Waals surface area contributed by atoms with Gasteiger partial charge in [-0.25, -0.2) is 14.6 Å². The number of pyridine rings is 1. The summed E-state index contributed by atoms with van der Waals surface area (Å²) in [6.45, 7) is -0.205. The highest BCUT2D eigenvalue weighted by atomic mass is 16.7. The lowest BCUT2D eigenvalue weighted by atomic mass is 10.0. The second-order valence-corrected chi connectivity index (χ2v) is 7.27. The normalized spacial score (nSPS) is 15.2. The van der Waals surface area contributed by atoms with Crippen molar-refractivity contribution in [2.24, 2.45) is 0 Å². The predicted octanol–water partition coefficient (Wildman–Crippen LogP) is 3.78. The fraction of sp³-hybridized carbons (Fsp3) is 0.208. The molecule has 0 spiro atoms. The van der Waals surface area contributed by atoms with E-state index in [1.807, 2.05) is 42.5 Å². The zero-order valence-electron chi connectivity index (χ0n) is 16.8. The van der Waals surface area contributed by atoms with Gasteiger partial charge in [0.2, 0.25) is 6.79 Å². The maximum Gasteiger partial charge on any atom is 0.344 e. The molecule has 156 valence electrons. The molecule has 5 rings (SSSR count). The molecule has 1 aromatic heterocycles. The van der Waals surface area contributed by atoms with Gasteiger partial charge in [0.05, 0.1) is 23.9 Å². The number of ether oxygens (including phenoxy) is 4. The summed E-state index contributed by atoms with van der Waals surface area (Å²) in [7, 11) is 1.25. The summed E-state index contributed by atoms with van der Waals surface area (Å²) in [6.07, 6.45) is 3.45. The minimum Gasteiger partial charge on any atom is -0.466 e. The maximum absolute atomic E-state index is 12.9. The minimum absolute atomic E-state index is 0.225. The van der Waals surface area contributed by atoms with E-state index in [9.17, 15) is 9.59 Å². The minimum atomic E-state index is -0.605. The van der Waals surface area contributed by atoms with Crippen molar-refractivity contribution in [2.75, 3.05) is 20.5 Å². The number of aromatic nitrogens is 1. The van der Waals surface area contributed by atoms with Crippen LogP contribution in [0.3, 0.4) is 0 Å². The van der Waals surface area contributed by atoms with Gasteiger partial charge in [0.1, 0.15) is 0 Å². The molecule has 3 aromatic rings. The summed E-state index contributed by atoms with van der Waals surface area (Å²) in [6, 6.07) is 13.2. The summed E-state index contributed by atoms with van der Waals surface area (Å²) < 4.78 is 20.7. The van der Waals surface area contributed by atoms with Gasteiger partial charge >= 0.3 is 11.9 Å². The molecule has 7 nitrogen and oxygen atoms in total. The largest absolute Gasteiger partial charge is 0.466 e. The fourth-order valence-corrected chi connectivity index (χ4v) is 3.97. The fourth-order valence-electron chi connectivity index (χ4n) is 3.97. The Bertz CT molecular complexity index is 1250. The SMILES string of the molecule is COC(=O)COC(=O)c1c2c(nc3ccccc13)/C(=C/c1ccc3c(c1)OCO3)CC2. The molecule has 0 N–H and O–H groups in total. The third-order valence-electron chi connectivity index (χ3n) is 5.43. The van der Waals surface area contributed by atoms with E-state index < -0.39 is 18.5 Å². The summed E-state index contributed by atoms with van der Waals surface area (Å²) in [5.41, 5.74) is 4.77. The van der Waals surface area contributed by atoms with Crippen molar-refractivity contribution in [3.05, 3.63) is 64.8 Å². The highest BCUT2D eigenvalue weighted by Gasteiger charge is 2.28. The van der Waals surface area contributed by atoms with E-state index in [1.54, 1.807) is 0 Å². The highest BCUT2D eigenvalue weighted by Crippen LogP contribution is 2.39. The molecule has 1 aliphatic carbocycles. The van der Waals surface area contributed by atoms with Gasteiger partial charge in [0.25, 0.3) is 0 Å². The van der Waals surface area contributed by atoms with Crippen molar-refractivity contribution in [1.82, 2.24) is 4.98 Å². The third kappa shape index (κ3) is 3.48. The van der Waals surface area contributed by atoms with E-state index in [4.69, 9.17) is 19.2 Å². The predicted molar refractivity (Wildman–Crippen MR) is 113 cm³/mol. The molecular formula is C24H19NO6. The molecule has 2 heterocycles. The number of fused-ring (bicyclic) bond motifs is 3. The Morgan fingerprint density at radius 3 is 2.81 bits per heavy atom. The lowest BCUT2D eigenvalue weighted by molar-refractivity contribution is -0.144. The number of benzene rings is 2. The molecule has 2 aromatic carbocycles. The van der Waals surface area contributed by atoms with Crippen LogP contribution in [-0.4, -0.2) is 37.4 Å². The van der Waals surface area contributed by atoms with Crippen LogP contribution in [0.5, 0.6) is 11.5 Å². The first kappa shape index (κ1) is 19.1. The van der Waals surface area contributed by atoms with Gasteiger partial charge in [-0.1, -0.05) is 24.3 Å². The van der Waals surface area contributed by atoms with E-state index >= 15 is 0 Å². The van der Waals surface area contributed by atoms with E-state index in [1.165, 1.54) is 7.11 Å². The van der Waals surface area contributed by atoms with Crippen LogP contribution in [0.1, 0.15) is 33.6 Å². The lowest BCUT2D eigenvalue weighted by Gasteiger charge is -2.12. The molecule has 0 fully saturated rings. The van der Waals surface area contributed by atoms with Gasteiger partial charge in [-0.15, -0.1) is 0 Å². The van der Waals surface area contributed by atoms with Crippen LogP contribution in [-0.2, 0) is 20.7 Å². The standard InChI is InChI=1S/C24H19NO6/c1-28-21(26)12-29-24(27)22-16-4-2-3-5-18(16)25-23-15(7-8-17(22)23)10-14-6-9-19-20(11-14)31-13-30-19/h2-6,9-11H,7-8,12-13H2,1H3/b15-10+. The molecule has 7 heteroatoms. The molecule has 0 saturated heterocycles. The number of methoxy groups -OCH3 is 1. The topological polar surface area (TPSA) is 84.0 Å². The number of esters is 2. The Morgan fingerprint density at radius 2 is 1.94 bits per heavy atom. The van der Waals surface area contributed by atoms with Crippen molar-refractivity contribution >= 4 is 34.5 Å². The second-order valence-electron chi connectivity index (χ2n) is 7.27. The molecule has 31 heavy (non-hydrogen) atoms. The molecular weight excluding hydrogens is 398 g/mol. The number of nitrogens with zero attached hydrogens (tertiary/aromatic N) is 1. The van der Waals surface area contributed by atoms with Crippen molar-refractivity contribution in [1.29, 1.82) is 0 Å². The number of para-hydroxylation sites is 1. The van der Waals surface area contributed by atoms with Crippen LogP contribution >= 0.6 is 0 Å². The van der Waals surface area contributed by atoms with Crippen LogP contribution in [0.2, 0.25) is 0 Å². The average Bonchev–Trinajstić information content (AvgIpc) is 3.42. The summed E-state index contributed by atoms with van der Waals surface area (Å²) in [5.74, 6) is 0.288. The van der Waals surface area contributed by atoms with Gasteiger partial charge in [-0.2, -0.15) is 0 Å². The lowest BCUT2D eigenvalue weighted by Crippen LogP contribution is -2.17. The zero-order valence-corrected chi connectivity index (χ0v) is 16.8.